The summed E-state index contributed by atoms with van der Waals surface area (Å²) < 4.78 is 5.52. The summed E-state index contributed by atoms with van der Waals surface area (Å²) in [5, 5.41) is 4.07. The summed E-state index contributed by atoms with van der Waals surface area (Å²) in [5.74, 6) is 2.18. The van der Waals surface area contributed by atoms with Gasteiger partial charge in [-0.1, -0.05) is 19.1 Å². The van der Waals surface area contributed by atoms with Crippen molar-refractivity contribution in [2.24, 2.45) is 0 Å². The fraction of sp³-hybridized carbons (Fsp3) is 0.538. The van der Waals surface area contributed by atoms with Crippen LogP contribution in [-0.2, 0) is 0 Å². The van der Waals surface area contributed by atoms with E-state index in [2.05, 4.69) is 30.4 Å². The highest BCUT2D eigenvalue weighted by atomic mass is 32.2. The van der Waals surface area contributed by atoms with E-state index in [0.717, 1.165) is 12.4 Å². The molecule has 88 valence electrons. The van der Waals surface area contributed by atoms with Gasteiger partial charge in [-0.25, -0.2) is 0 Å². The van der Waals surface area contributed by atoms with Crippen LogP contribution in [0.2, 0.25) is 0 Å². The van der Waals surface area contributed by atoms with Crippen LogP contribution in [-0.4, -0.2) is 18.4 Å². The molecular weight excluding hydrogens is 218 g/mol. The largest absolute Gasteiger partial charge is 0.494 e. The fourth-order valence-corrected chi connectivity index (χ4v) is 3.27. The molecule has 1 aromatic rings. The molecule has 2 nitrogen and oxygen atoms in total. The van der Waals surface area contributed by atoms with Crippen LogP contribution in [0.4, 0.5) is 0 Å². The number of rotatable bonds is 4. The second-order valence-electron chi connectivity index (χ2n) is 3.99. The van der Waals surface area contributed by atoms with Crippen molar-refractivity contribution in [3.05, 3.63) is 29.8 Å². The highest BCUT2D eigenvalue weighted by molar-refractivity contribution is 7.99. The van der Waals surface area contributed by atoms with Crippen molar-refractivity contribution >= 4 is 11.8 Å². The molecule has 1 aliphatic rings. The average Bonchev–Trinajstić information content (AvgIpc) is 2.78. The van der Waals surface area contributed by atoms with Crippen molar-refractivity contribution in [2.75, 3.05) is 12.4 Å². The van der Waals surface area contributed by atoms with E-state index in [1.807, 2.05) is 24.8 Å². The van der Waals surface area contributed by atoms with E-state index in [-0.39, 0.29) is 0 Å². The van der Waals surface area contributed by atoms with E-state index in [0.29, 0.717) is 11.4 Å². The molecule has 1 heterocycles. The number of nitrogens with one attached hydrogen (secondary N) is 1. The Labute approximate surface area is 102 Å². The average molecular weight is 237 g/mol. The normalized spacial score (nSPS) is 24.6. The van der Waals surface area contributed by atoms with Gasteiger partial charge in [-0.05, 0) is 31.0 Å². The van der Waals surface area contributed by atoms with Crippen molar-refractivity contribution in [3.8, 4) is 5.75 Å². The Bertz CT molecular complexity index is 342. The lowest BCUT2D eigenvalue weighted by molar-refractivity contribution is 0.339. The maximum Gasteiger partial charge on any atom is 0.119 e. The van der Waals surface area contributed by atoms with Gasteiger partial charge < -0.3 is 4.74 Å². The third kappa shape index (κ3) is 2.71. The lowest BCUT2D eigenvalue weighted by atomic mass is 10.2. The summed E-state index contributed by atoms with van der Waals surface area (Å²) in [6.45, 7) is 4.98. The minimum absolute atomic E-state index is 0.436. The zero-order chi connectivity index (χ0) is 11.4. The summed E-state index contributed by atoms with van der Waals surface area (Å²) in [6.07, 6.45) is 1.20. The van der Waals surface area contributed by atoms with Gasteiger partial charge in [0.25, 0.3) is 0 Å². The van der Waals surface area contributed by atoms with Crippen molar-refractivity contribution in [1.82, 2.24) is 5.32 Å². The second kappa shape index (κ2) is 5.60. The molecule has 0 radical (unpaired) electrons. The summed E-state index contributed by atoms with van der Waals surface area (Å²) in [4.78, 5) is 0. The van der Waals surface area contributed by atoms with Gasteiger partial charge in [0.05, 0.1) is 12.0 Å². The molecular formula is C13H19NOS. The molecule has 3 heteroatoms. The molecule has 2 atom stereocenters. The lowest BCUT2D eigenvalue weighted by Gasteiger charge is -2.13. The van der Waals surface area contributed by atoms with E-state index < -0.39 is 0 Å². The Hall–Kier alpha value is -0.670. The molecule has 0 aromatic heterocycles. The molecule has 1 aliphatic heterocycles. The standard InChI is InChI=1S/C13H19NOS/c1-3-11-9-16-13(14-11)10-6-5-7-12(8-10)15-4-2/h5-8,11,13-14H,3-4,9H2,1-2H3. The van der Waals surface area contributed by atoms with Crippen molar-refractivity contribution in [2.45, 2.75) is 31.7 Å². The van der Waals surface area contributed by atoms with E-state index in [4.69, 9.17) is 4.74 Å². The van der Waals surface area contributed by atoms with Gasteiger partial charge in [-0.3, -0.25) is 5.32 Å². The SMILES string of the molecule is CCOc1cccc(C2NC(CC)CS2)c1. The van der Waals surface area contributed by atoms with Crippen LogP contribution < -0.4 is 10.1 Å². The fourth-order valence-electron chi connectivity index (χ4n) is 1.88. The van der Waals surface area contributed by atoms with E-state index in [1.54, 1.807) is 0 Å². The minimum atomic E-state index is 0.436. The molecule has 1 saturated heterocycles. The van der Waals surface area contributed by atoms with Gasteiger partial charge in [0.15, 0.2) is 0 Å². The zero-order valence-corrected chi connectivity index (χ0v) is 10.7. The number of hydrogen-bond donors (Lipinski definition) is 1. The maximum atomic E-state index is 5.52. The predicted octanol–water partition coefficient (Wildman–Crippen LogP) is 3.20. The summed E-state index contributed by atoms with van der Waals surface area (Å²) >= 11 is 1.99. The molecule has 0 saturated carbocycles. The van der Waals surface area contributed by atoms with Gasteiger partial charge in [0.2, 0.25) is 0 Å². The number of thioether (sulfide) groups is 1. The smallest absolute Gasteiger partial charge is 0.119 e. The van der Waals surface area contributed by atoms with E-state index in [9.17, 15) is 0 Å². The van der Waals surface area contributed by atoms with Gasteiger partial charge in [-0.15, -0.1) is 11.8 Å². The summed E-state index contributed by atoms with van der Waals surface area (Å²) in [7, 11) is 0. The molecule has 0 bridgehead atoms. The Balaban J connectivity index is 2.06. The highest BCUT2D eigenvalue weighted by Crippen LogP contribution is 2.34. The van der Waals surface area contributed by atoms with Crippen molar-refractivity contribution in [3.63, 3.8) is 0 Å². The molecule has 1 aromatic carbocycles. The Morgan fingerprint density at radius 3 is 3.00 bits per heavy atom. The minimum Gasteiger partial charge on any atom is -0.494 e. The molecule has 2 unspecified atom stereocenters. The van der Waals surface area contributed by atoms with Gasteiger partial charge in [-0.2, -0.15) is 0 Å². The molecule has 16 heavy (non-hydrogen) atoms. The topological polar surface area (TPSA) is 21.3 Å². The molecule has 0 spiro atoms. The summed E-state index contributed by atoms with van der Waals surface area (Å²) in [5.41, 5.74) is 1.33. The number of benzene rings is 1. The van der Waals surface area contributed by atoms with Crippen LogP contribution in [0.1, 0.15) is 31.2 Å². The van der Waals surface area contributed by atoms with Crippen LogP contribution in [0.3, 0.4) is 0 Å². The Morgan fingerprint density at radius 1 is 1.44 bits per heavy atom. The van der Waals surface area contributed by atoms with Gasteiger partial charge in [0, 0.05) is 11.8 Å². The van der Waals surface area contributed by atoms with Crippen LogP contribution >= 0.6 is 11.8 Å². The predicted molar refractivity (Wildman–Crippen MR) is 70.0 cm³/mol. The molecule has 2 rings (SSSR count). The zero-order valence-electron chi connectivity index (χ0n) is 9.90. The van der Waals surface area contributed by atoms with Crippen molar-refractivity contribution < 1.29 is 4.74 Å². The Morgan fingerprint density at radius 2 is 2.31 bits per heavy atom. The number of ether oxygens (including phenoxy) is 1. The van der Waals surface area contributed by atoms with Gasteiger partial charge >= 0.3 is 0 Å². The monoisotopic (exact) mass is 237 g/mol. The lowest BCUT2D eigenvalue weighted by Crippen LogP contribution is -2.24. The first-order valence-electron chi connectivity index (χ1n) is 5.94. The maximum absolute atomic E-state index is 5.52. The second-order valence-corrected chi connectivity index (χ2v) is 5.13. The van der Waals surface area contributed by atoms with Gasteiger partial charge in [0.1, 0.15) is 5.75 Å². The number of hydrogen-bond acceptors (Lipinski definition) is 3. The molecule has 1 N–H and O–H groups in total. The first-order chi connectivity index (χ1) is 7.83. The first-order valence-corrected chi connectivity index (χ1v) is 6.98. The highest BCUT2D eigenvalue weighted by Gasteiger charge is 2.24. The van der Waals surface area contributed by atoms with E-state index in [1.165, 1.54) is 17.7 Å². The van der Waals surface area contributed by atoms with E-state index >= 15 is 0 Å². The Kier molecular flexibility index (Phi) is 4.13. The summed E-state index contributed by atoms with van der Waals surface area (Å²) in [6, 6.07) is 9.06. The third-order valence-corrected chi connectivity index (χ3v) is 4.15. The van der Waals surface area contributed by atoms with Crippen LogP contribution in [0.15, 0.2) is 24.3 Å². The van der Waals surface area contributed by atoms with Crippen molar-refractivity contribution in [1.29, 1.82) is 0 Å². The molecule has 0 amide bonds. The first kappa shape index (κ1) is 11.8. The molecule has 1 fully saturated rings. The quantitative estimate of drug-likeness (QED) is 0.869. The third-order valence-electron chi connectivity index (χ3n) is 2.82. The van der Waals surface area contributed by atoms with Crippen LogP contribution in [0.25, 0.3) is 0 Å². The van der Waals surface area contributed by atoms with Crippen LogP contribution in [0, 0.1) is 0 Å². The van der Waals surface area contributed by atoms with Crippen LogP contribution in [0.5, 0.6) is 5.75 Å². The molecule has 0 aliphatic carbocycles.